The summed E-state index contributed by atoms with van der Waals surface area (Å²) in [6, 6.07) is 11.1. The highest BCUT2D eigenvalue weighted by Gasteiger charge is 2.46. The van der Waals surface area contributed by atoms with Crippen LogP contribution in [-0.4, -0.2) is 57.8 Å². The number of aliphatic hydroxyl groups is 1. The molecule has 1 aromatic heterocycles. The van der Waals surface area contributed by atoms with Crippen molar-refractivity contribution in [1.29, 1.82) is 0 Å². The summed E-state index contributed by atoms with van der Waals surface area (Å²) in [6.45, 7) is 6.79. The molecule has 1 atom stereocenters. The van der Waals surface area contributed by atoms with Crippen LogP contribution < -0.4 is 0 Å². The van der Waals surface area contributed by atoms with Gasteiger partial charge in [0.15, 0.2) is 0 Å². The van der Waals surface area contributed by atoms with Crippen molar-refractivity contribution in [3.63, 3.8) is 0 Å². The first-order valence-corrected chi connectivity index (χ1v) is 10.0. The number of rotatable bonds is 7. The number of carbonyl (C=O) groups is 2. The molecule has 1 aromatic carbocycles. The largest absolute Gasteiger partial charge is 0.507 e. The Morgan fingerprint density at radius 1 is 1.14 bits per heavy atom. The van der Waals surface area contributed by atoms with E-state index in [1.165, 1.54) is 4.90 Å². The number of Topliss-reactive ketones (excluding diaryl/α,β-unsaturated/α-hetero) is 1. The second kappa shape index (κ2) is 9.20. The van der Waals surface area contributed by atoms with E-state index in [4.69, 9.17) is 11.6 Å². The number of nitrogens with zero attached hydrogens (tertiary/aromatic N) is 3. The lowest BCUT2D eigenvalue weighted by Crippen LogP contribution is -2.38. The maximum absolute atomic E-state index is 12.9. The summed E-state index contributed by atoms with van der Waals surface area (Å²) in [7, 11) is 0. The molecule has 0 spiro atoms. The molecule has 7 heteroatoms. The molecule has 1 amide bonds. The van der Waals surface area contributed by atoms with Crippen LogP contribution >= 0.6 is 11.6 Å². The monoisotopic (exact) mass is 413 g/mol. The van der Waals surface area contributed by atoms with Crippen LogP contribution in [0, 0.1) is 0 Å². The van der Waals surface area contributed by atoms with Crippen molar-refractivity contribution >= 4 is 29.1 Å². The van der Waals surface area contributed by atoms with Crippen LogP contribution in [0.25, 0.3) is 5.76 Å². The fraction of sp³-hybridized carbons (Fsp3) is 0.318. The van der Waals surface area contributed by atoms with Gasteiger partial charge in [-0.15, -0.1) is 0 Å². The third-order valence-electron chi connectivity index (χ3n) is 5.18. The topological polar surface area (TPSA) is 73.7 Å². The van der Waals surface area contributed by atoms with Crippen molar-refractivity contribution in [1.82, 2.24) is 14.8 Å². The fourth-order valence-electron chi connectivity index (χ4n) is 3.51. The van der Waals surface area contributed by atoms with Gasteiger partial charge < -0.3 is 14.9 Å². The Balaban J connectivity index is 2.06. The number of likely N-dealkylation sites (N-methyl/N-ethyl adjacent to an activating group) is 1. The van der Waals surface area contributed by atoms with Gasteiger partial charge in [0.05, 0.1) is 11.3 Å². The number of aromatic nitrogens is 1. The number of pyridine rings is 1. The highest BCUT2D eigenvalue weighted by atomic mass is 35.5. The van der Waals surface area contributed by atoms with E-state index < -0.39 is 17.7 Å². The van der Waals surface area contributed by atoms with Crippen LogP contribution in [0.1, 0.15) is 31.1 Å². The minimum absolute atomic E-state index is 0.0515. The van der Waals surface area contributed by atoms with E-state index in [1.54, 1.807) is 48.7 Å². The third kappa shape index (κ3) is 4.33. The first-order chi connectivity index (χ1) is 14.0. The van der Waals surface area contributed by atoms with Crippen molar-refractivity contribution in [3.05, 3.63) is 70.5 Å². The van der Waals surface area contributed by atoms with Crippen LogP contribution in [-0.2, 0) is 9.59 Å². The van der Waals surface area contributed by atoms with Crippen LogP contribution in [0.2, 0.25) is 5.02 Å². The zero-order chi connectivity index (χ0) is 21.0. The molecule has 1 saturated heterocycles. The van der Waals surface area contributed by atoms with E-state index in [9.17, 15) is 14.7 Å². The zero-order valence-corrected chi connectivity index (χ0v) is 17.3. The van der Waals surface area contributed by atoms with Gasteiger partial charge in [-0.25, -0.2) is 0 Å². The number of carbonyl (C=O) groups excluding carboxylic acids is 2. The number of likely N-dealkylation sites (tertiary alicyclic amines) is 1. The first-order valence-electron chi connectivity index (χ1n) is 9.65. The van der Waals surface area contributed by atoms with Gasteiger partial charge in [-0.3, -0.25) is 14.6 Å². The smallest absolute Gasteiger partial charge is 0.295 e. The number of benzene rings is 1. The molecule has 0 bridgehead atoms. The number of hydrogen-bond donors (Lipinski definition) is 1. The van der Waals surface area contributed by atoms with Crippen LogP contribution in [0.4, 0.5) is 0 Å². The predicted octanol–water partition coefficient (Wildman–Crippen LogP) is 3.50. The van der Waals surface area contributed by atoms with Crippen LogP contribution in [0.15, 0.2) is 54.2 Å². The van der Waals surface area contributed by atoms with Gasteiger partial charge in [0.2, 0.25) is 0 Å². The maximum Gasteiger partial charge on any atom is 0.295 e. The fourth-order valence-corrected chi connectivity index (χ4v) is 3.63. The van der Waals surface area contributed by atoms with E-state index in [-0.39, 0.29) is 11.3 Å². The van der Waals surface area contributed by atoms with E-state index in [1.807, 2.05) is 13.8 Å². The molecular weight excluding hydrogens is 390 g/mol. The number of hydrogen-bond acceptors (Lipinski definition) is 5. The minimum Gasteiger partial charge on any atom is -0.507 e. The van der Waals surface area contributed by atoms with Gasteiger partial charge in [-0.05, 0) is 49.5 Å². The molecule has 2 heterocycles. The molecule has 1 N–H and O–H groups in total. The average Bonchev–Trinajstić information content (AvgIpc) is 3.00. The molecular formula is C22H24ClN3O3. The predicted molar refractivity (Wildman–Crippen MR) is 112 cm³/mol. The first kappa shape index (κ1) is 21.0. The maximum atomic E-state index is 12.9. The van der Waals surface area contributed by atoms with Crippen molar-refractivity contribution < 1.29 is 14.7 Å². The molecule has 0 radical (unpaired) electrons. The number of ketones is 1. The zero-order valence-electron chi connectivity index (χ0n) is 16.5. The van der Waals surface area contributed by atoms with Gasteiger partial charge in [0, 0.05) is 29.9 Å². The van der Waals surface area contributed by atoms with E-state index in [0.29, 0.717) is 29.4 Å². The summed E-state index contributed by atoms with van der Waals surface area (Å²) >= 11 is 5.93. The second-order valence-corrected chi connectivity index (χ2v) is 7.22. The molecule has 2 aromatic rings. The molecule has 1 fully saturated rings. The summed E-state index contributed by atoms with van der Waals surface area (Å²) in [5.41, 5.74) is 1.02. The number of amides is 1. The minimum atomic E-state index is -0.734. The van der Waals surface area contributed by atoms with Crippen molar-refractivity contribution in [2.24, 2.45) is 0 Å². The highest BCUT2D eigenvalue weighted by Crippen LogP contribution is 2.38. The number of halogens is 1. The molecule has 0 aliphatic carbocycles. The Bertz CT molecular complexity index is 909. The van der Waals surface area contributed by atoms with Gasteiger partial charge in [0.1, 0.15) is 11.8 Å². The quantitative estimate of drug-likeness (QED) is 0.427. The van der Waals surface area contributed by atoms with Crippen molar-refractivity contribution in [2.45, 2.75) is 19.9 Å². The van der Waals surface area contributed by atoms with Crippen molar-refractivity contribution in [2.75, 3.05) is 26.2 Å². The third-order valence-corrected chi connectivity index (χ3v) is 5.43. The molecule has 6 nitrogen and oxygen atoms in total. The Hall–Kier alpha value is -2.70. The Labute approximate surface area is 175 Å². The van der Waals surface area contributed by atoms with E-state index in [0.717, 1.165) is 13.1 Å². The molecule has 152 valence electrons. The molecule has 0 saturated carbocycles. The Morgan fingerprint density at radius 2 is 1.83 bits per heavy atom. The molecule has 3 rings (SSSR count). The van der Waals surface area contributed by atoms with Crippen molar-refractivity contribution in [3.8, 4) is 0 Å². The molecule has 29 heavy (non-hydrogen) atoms. The second-order valence-electron chi connectivity index (χ2n) is 6.78. The van der Waals surface area contributed by atoms with Crippen LogP contribution in [0.3, 0.4) is 0 Å². The standard InChI is InChI=1S/C22H24ClN3O3/c1-3-25(4-2)13-14-26-19(17-7-5-6-12-24-17)18(21(28)22(26)29)20(27)15-8-10-16(23)11-9-15/h5-12,19,27H,3-4,13-14H2,1-2H3/b20-18+/t19-/m1/s1. The summed E-state index contributed by atoms with van der Waals surface area (Å²) in [6.07, 6.45) is 1.61. The van der Waals surface area contributed by atoms with E-state index in [2.05, 4.69) is 9.88 Å². The van der Waals surface area contributed by atoms with Gasteiger partial charge in [-0.2, -0.15) is 0 Å². The van der Waals surface area contributed by atoms with Gasteiger partial charge in [0.25, 0.3) is 11.7 Å². The summed E-state index contributed by atoms with van der Waals surface area (Å²) in [5, 5.41) is 11.4. The summed E-state index contributed by atoms with van der Waals surface area (Å²) < 4.78 is 0. The molecule has 1 aliphatic rings. The lowest BCUT2D eigenvalue weighted by atomic mass is 9.98. The Morgan fingerprint density at radius 3 is 2.41 bits per heavy atom. The van der Waals surface area contributed by atoms with Gasteiger partial charge >= 0.3 is 0 Å². The average molecular weight is 414 g/mol. The highest BCUT2D eigenvalue weighted by molar-refractivity contribution is 6.46. The Kier molecular flexibility index (Phi) is 6.67. The van der Waals surface area contributed by atoms with Crippen LogP contribution in [0.5, 0.6) is 0 Å². The molecule has 0 unspecified atom stereocenters. The lowest BCUT2D eigenvalue weighted by molar-refractivity contribution is -0.140. The summed E-state index contributed by atoms with van der Waals surface area (Å²) in [4.78, 5) is 33.8. The SMILES string of the molecule is CCN(CC)CCN1C(=O)C(=O)/C(=C(/O)c2ccc(Cl)cc2)[C@H]1c1ccccn1. The number of aliphatic hydroxyl groups excluding tert-OH is 1. The van der Waals surface area contributed by atoms with E-state index >= 15 is 0 Å². The summed E-state index contributed by atoms with van der Waals surface area (Å²) in [5.74, 6) is -1.54. The van der Waals surface area contributed by atoms with Gasteiger partial charge in [-0.1, -0.05) is 31.5 Å². The normalized spacial score (nSPS) is 18.6. The lowest BCUT2D eigenvalue weighted by Gasteiger charge is -2.27. The molecule has 1 aliphatic heterocycles.